The molecule has 0 atom stereocenters. The Morgan fingerprint density at radius 2 is 0.829 bits per heavy atom. The second-order valence-corrected chi connectivity index (χ2v) is 19.8. The van der Waals surface area contributed by atoms with Gasteiger partial charge in [-0.05, 0) is 171 Å². The fraction of sp³-hybridized carbons (Fsp3) is 0.156. The van der Waals surface area contributed by atoms with Gasteiger partial charge in [-0.15, -0.1) is 22.7 Å². The minimum absolute atomic E-state index is 0.587. The van der Waals surface area contributed by atoms with E-state index in [9.17, 15) is 0 Å². The van der Waals surface area contributed by atoms with Crippen molar-refractivity contribution >= 4 is 67.6 Å². The lowest BCUT2D eigenvalue weighted by molar-refractivity contribution is 0.301. The molecule has 0 radical (unpaired) electrons. The summed E-state index contributed by atoms with van der Waals surface area (Å²) in [6.45, 7) is 13.4. The van der Waals surface area contributed by atoms with E-state index < -0.39 is 0 Å². The molecular weight excluding hydrogens is 893 g/mol. The normalized spacial score (nSPS) is 11.0. The van der Waals surface area contributed by atoms with Gasteiger partial charge in [0.2, 0.25) is 0 Å². The van der Waals surface area contributed by atoms with Crippen LogP contribution in [0.5, 0.6) is 11.5 Å². The lowest BCUT2D eigenvalue weighted by Gasteiger charge is -2.24. The summed E-state index contributed by atoms with van der Waals surface area (Å²) in [5.74, 6) is 1.70. The first-order chi connectivity index (χ1) is 34.4. The molecule has 2 heterocycles. The molecule has 9 rings (SSSR count). The zero-order valence-corrected chi connectivity index (χ0v) is 41.9. The van der Waals surface area contributed by atoms with E-state index in [4.69, 9.17) is 9.47 Å². The number of benzene rings is 7. The molecule has 0 unspecified atom stereocenters. The van der Waals surface area contributed by atoms with Gasteiger partial charge in [-0.25, -0.2) is 0 Å². The van der Waals surface area contributed by atoms with Gasteiger partial charge in [-0.2, -0.15) is 0 Å². The molecule has 2 aromatic heterocycles. The summed E-state index contributed by atoms with van der Waals surface area (Å²) in [5.41, 5.74) is 13.9. The molecule has 0 amide bonds. The molecule has 0 N–H and O–H groups in total. The summed E-state index contributed by atoms with van der Waals surface area (Å²) in [5, 5.41) is 2.23. The molecule has 9 aromatic rings. The quantitative estimate of drug-likeness (QED) is 0.0632. The molecule has 0 aliphatic rings. The smallest absolute Gasteiger partial charge is 0.128 e. The maximum Gasteiger partial charge on any atom is 0.128 e. The zero-order chi connectivity index (χ0) is 48.1. The van der Waals surface area contributed by atoms with Crippen LogP contribution >= 0.6 is 22.7 Å². The monoisotopic (exact) mass is 952 g/mol. The predicted molar refractivity (Wildman–Crippen MR) is 302 cm³/mol. The number of nitrogens with zero attached hydrogens (tertiary/aromatic N) is 2. The lowest BCUT2D eigenvalue weighted by Crippen LogP contribution is -2.08. The van der Waals surface area contributed by atoms with Crippen molar-refractivity contribution in [3.8, 4) is 32.4 Å². The Morgan fingerprint density at radius 1 is 0.414 bits per heavy atom. The minimum atomic E-state index is 0.587. The van der Waals surface area contributed by atoms with Crippen LogP contribution in [0.15, 0.2) is 207 Å². The Balaban J connectivity index is 1.10. The standard InChI is InChI=1S/C64H60N2O2S2/c1-5-49-25-19-27-51(43-49)23-13-15-39-67-59-45-58(62-36-38-64(70-62)66(54-31-11-8-12-32-54)56-34-18-22-48(4)42-56)60(68-40-16-14-24-52-28-20-26-50(6-2)44-52)46-57(59)61-35-37-63(69-61)65(53-29-9-7-10-30-53)55-33-17-21-47(3)41-55/h5-12,17-22,25-38,41-46H,1-2,13-16,23-24,39-40H2,3-4H3. The molecule has 350 valence electrons. The van der Waals surface area contributed by atoms with Gasteiger partial charge in [0.15, 0.2) is 0 Å². The fourth-order valence-electron chi connectivity index (χ4n) is 8.84. The van der Waals surface area contributed by atoms with Crippen LogP contribution in [0.3, 0.4) is 0 Å². The highest BCUT2D eigenvalue weighted by atomic mass is 32.1. The number of aryl methyl sites for hydroxylation is 4. The van der Waals surface area contributed by atoms with Crippen LogP contribution in [0, 0.1) is 13.8 Å². The average molecular weight is 953 g/mol. The number of thiophene rings is 2. The number of hydrogen-bond donors (Lipinski definition) is 0. The molecule has 0 saturated heterocycles. The number of para-hydroxylation sites is 2. The van der Waals surface area contributed by atoms with Gasteiger partial charge in [0.05, 0.1) is 13.2 Å². The van der Waals surface area contributed by atoms with Crippen molar-refractivity contribution in [2.75, 3.05) is 23.0 Å². The van der Waals surface area contributed by atoms with Crippen LogP contribution in [-0.2, 0) is 12.8 Å². The van der Waals surface area contributed by atoms with Gasteiger partial charge in [0.25, 0.3) is 0 Å². The van der Waals surface area contributed by atoms with Gasteiger partial charge < -0.3 is 19.3 Å². The molecule has 6 heteroatoms. The average Bonchev–Trinajstić information content (AvgIpc) is 4.08. The van der Waals surface area contributed by atoms with E-state index in [2.05, 4.69) is 231 Å². The van der Waals surface area contributed by atoms with Crippen LogP contribution in [0.1, 0.15) is 59.1 Å². The second kappa shape index (κ2) is 23.3. The first kappa shape index (κ1) is 47.7. The Kier molecular flexibility index (Phi) is 15.9. The van der Waals surface area contributed by atoms with Gasteiger partial charge in [-0.3, -0.25) is 0 Å². The maximum absolute atomic E-state index is 6.97. The Morgan fingerprint density at radius 3 is 1.24 bits per heavy atom. The van der Waals surface area contributed by atoms with Crippen LogP contribution in [0.25, 0.3) is 33.0 Å². The largest absolute Gasteiger partial charge is 0.493 e. The first-order valence-electron chi connectivity index (χ1n) is 24.3. The van der Waals surface area contributed by atoms with E-state index in [1.165, 1.54) is 22.3 Å². The fourth-order valence-corrected chi connectivity index (χ4v) is 11.0. The van der Waals surface area contributed by atoms with Crippen molar-refractivity contribution < 1.29 is 9.47 Å². The third-order valence-corrected chi connectivity index (χ3v) is 14.6. The molecule has 70 heavy (non-hydrogen) atoms. The van der Waals surface area contributed by atoms with Crippen LogP contribution in [0.4, 0.5) is 32.8 Å². The summed E-state index contributed by atoms with van der Waals surface area (Å²) in [4.78, 5) is 6.92. The highest BCUT2D eigenvalue weighted by Gasteiger charge is 2.23. The molecule has 0 aliphatic heterocycles. The van der Waals surface area contributed by atoms with Gasteiger partial charge >= 0.3 is 0 Å². The molecule has 4 nitrogen and oxygen atoms in total. The third kappa shape index (κ3) is 11.9. The van der Waals surface area contributed by atoms with Crippen LogP contribution in [-0.4, -0.2) is 13.2 Å². The Labute approximate surface area is 423 Å². The topological polar surface area (TPSA) is 24.9 Å². The number of unbranched alkanes of at least 4 members (excludes halogenated alkanes) is 2. The van der Waals surface area contributed by atoms with E-state index in [0.717, 1.165) is 115 Å². The van der Waals surface area contributed by atoms with Crippen LogP contribution in [0.2, 0.25) is 0 Å². The van der Waals surface area contributed by atoms with Crippen molar-refractivity contribution in [3.05, 3.63) is 241 Å². The molecule has 0 fully saturated rings. The van der Waals surface area contributed by atoms with Crippen molar-refractivity contribution in [2.24, 2.45) is 0 Å². The summed E-state index contributed by atoms with van der Waals surface area (Å²) in [6, 6.07) is 69.4. The predicted octanol–water partition coefficient (Wildman–Crippen LogP) is 18.8. The van der Waals surface area contributed by atoms with E-state index in [1.54, 1.807) is 22.7 Å². The van der Waals surface area contributed by atoms with E-state index in [-0.39, 0.29) is 0 Å². The minimum Gasteiger partial charge on any atom is -0.493 e. The van der Waals surface area contributed by atoms with Gasteiger partial charge in [0.1, 0.15) is 21.5 Å². The summed E-state index contributed by atoms with van der Waals surface area (Å²) in [7, 11) is 0. The van der Waals surface area contributed by atoms with Gasteiger partial charge in [-0.1, -0.05) is 135 Å². The molecule has 0 aliphatic carbocycles. The highest BCUT2D eigenvalue weighted by molar-refractivity contribution is 7.20. The third-order valence-electron chi connectivity index (χ3n) is 12.4. The lowest BCUT2D eigenvalue weighted by atomic mass is 10.0. The first-order valence-corrected chi connectivity index (χ1v) is 26.0. The van der Waals surface area contributed by atoms with Crippen molar-refractivity contribution in [1.29, 1.82) is 0 Å². The number of anilines is 6. The Bertz CT molecular complexity index is 2940. The summed E-state index contributed by atoms with van der Waals surface area (Å²) < 4.78 is 13.9. The maximum atomic E-state index is 6.97. The molecule has 0 spiro atoms. The van der Waals surface area contributed by atoms with Crippen molar-refractivity contribution in [3.63, 3.8) is 0 Å². The SMILES string of the molecule is C=Cc1cccc(CCCCOc2cc(-c3ccc(N(c4ccccc4)c4cccc(C)c4)s3)c(OCCCCc3cccc(C=C)c3)cc2-c2ccc(N(c3ccccc3)c3cccc(C)c3)s2)c1. The van der Waals surface area contributed by atoms with E-state index in [0.29, 0.717) is 13.2 Å². The Hall–Kier alpha value is -7.38. The van der Waals surface area contributed by atoms with E-state index in [1.807, 2.05) is 12.2 Å². The number of ether oxygens (including phenoxy) is 2. The van der Waals surface area contributed by atoms with Crippen molar-refractivity contribution in [2.45, 2.75) is 52.4 Å². The molecule has 0 saturated carbocycles. The summed E-state index contributed by atoms with van der Waals surface area (Å²) in [6.07, 6.45) is 9.64. The molecular formula is C64H60N2O2S2. The summed E-state index contributed by atoms with van der Waals surface area (Å²) >= 11 is 3.53. The highest BCUT2D eigenvalue weighted by Crippen LogP contribution is 2.50. The van der Waals surface area contributed by atoms with Crippen LogP contribution < -0.4 is 19.3 Å². The molecule has 0 bridgehead atoms. The van der Waals surface area contributed by atoms with Crippen molar-refractivity contribution in [1.82, 2.24) is 0 Å². The number of hydrogen-bond acceptors (Lipinski definition) is 6. The zero-order valence-electron chi connectivity index (χ0n) is 40.2. The number of rotatable bonds is 22. The molecule has 7 aromatic carbocycles. The van der Waals surface area contributed by atoms with E-state index >= 15 is 0 Å². The van der Waals surface area contributed by atoms with Gasteiger partial charge in [0, 0.05) is 43.6 Å². The second-order valence-electron chi connectivity index (χ2n) is 17.6.